The number of rotatable bonds is 8. The Bertz CT molecular complexity index is 531. The van der Waals surface area contributed by atoms with Crippen molar-refractivity contribution < 1.29 is 17.9 Å². The van der Waals surface area contributed by atoms with E-state index in [0.717, 1.165) is 0 Å². The highest BCUT2D eigenvalue weighted by Gasteiger charge is 2.26. The molecule has 0 radical (unpaired) electrons. The second-order valence-corrected chi connectivity index (χ2v) is 6.04. The minimum atomic E-state index is -3.65. The summed E-state index contributed by atoms with van der Waals surface area (Å²) in [4.78, 5) is 0.0947. The minimum absolute atomic E-state index is 0.0947. The van der Waals surface area contributed by atoms with Gasteiger partial charge < -0.3 is 15.2 Å². The molecule has 0 saturated carbocycles. The largest absolute Gasteiger partial charge is 0.492 e. The molecular formula is C13H22N2O4S. The third-order valence-corrected chi connectivity index (χ3v) is 4.78. The summed E-state index contributed by atoms with van der Waals surface area (Å²) in [5, 5.41) is 0. The number of anilines is 1. The normalized spacial score (nSPS) is 11.8. The van der Waals surface area contributed by atoms with Gasteiger partial charge in [0.15, 0.2) is 0 Å². The number of benzene rings is 1. The molecule has 0 unspecified atom stereocenters. The standard InChI is InChI=1S/C13H22N2O4S/c1-4-15(8-9-18-3)20(16,17)13-10-11(14)6-7-12(13)19-5-2/h6-7,10H,4-5,8-9,14H2,1-3H3. The highest BCUT2D eigenvalue weighted by Crippen LogP contribution is 2.28. The Morgan fingerprint density at radius 2 is 2.00 bits per heavy atom. The second-order valence-electron chi connectivity index (χ2n) is 4.13. The smallest absolute Gasteiger partial charge is 0.246 e. The van der Waals surface area contributed by atoms with E-state index in [4.69, 9.17) is 15.2 Å². The fourth-order valence-electron chi connectivity index (χ4n) is 1.78. The Balaban J connectivity index is 3.21. The molecule has 0 fully saturated rings. The molecule has 0 heterocycles. The number of nitrogen functional groups attached to an aromatic ring is 1. The number of sulfonamides is 1. The third kappa shape index (κ3) is 3.84. The Morgan fingerprint density at radius 1 is 1.30 bits per heavy atom. The minimum Gasteiger partial charge on any atom is -0.492 e. The van der Waals surface area contributed by atoms with Crippen molar-refractivity contribution in [2.24, 2.45) is 0 Å². The topological polar surface area (TPSA) is 81.9 Å². The van der Waals surface area contributed by atoms with Crippen molar-refractivity contribution in [1.29, 1.82) is 0 Å². The predicted molar refractivity (Wildman–Crippen MR) is 78.3 cm³/mol. The summed E-state index contributed by atoms with van der Waals surface area (Å²) >= 11 is 0. The molecular weight excluding hydrogens is 280 g/mol. The lowest BCUT2D eigenvalue weighted by atomic mass is 10.3. The first kappa shape index (κ1) is 16.7. The van der Waals surface area contributed by atoms with Gasteiger partial charge in [0.2, 0.25) is 10.0 Å². The quantitative estimate of drug-likeness (QED) is 0.733. The number of nitrogens with zero attached hydrogens (tertiary/aromatic N) is 1. The highest BCUT2D eigenvalue weighted by atomic mass is 32.2. The van der Waals surface area contributed by atoms with E-state index in [0.29, 0.717) is 31.2 Å². The summed E-state index contributed by atoms with van der Waals surface area (Å²) in [6, 6.07) is 4.63. The Hall–Kier alpha value is -1.31. The van der Waals surface area contributed by atoms with E-state index in [-0.39, 0.29) is 11.4 Å². The first-order valence-electron chi connectivity index (χ1n) is 6.48. The number of nitrogens with two attached hydrogens (primary N) is 1. The van der Waals surface area contributed by atoms with Crippen LogP contribution in [0.5, 0.6) is 5.75 Å². The molecule has 0 aliphatic heterocycles. The second kappa shape index (κ2) is 7.47. The van der Waals surface area contributed by atoms with Crippen molar-refractivity contribution in [3.05, 3.63) is 18.2 Å². The average molecular weight is 302 g/mol. The van der Waals surface area contributed by atoms with Gasteiger partial charge in [-0.25, -0.2) is 8.42 Å². The lowest BCUT2D eigenvalue weighted by Gasteiger charge is -2.21. The van der Waals surface area contributed by atoms with Gasteiger partial charge in [-0.2, -0.15) is 4.31 Å². The van der Waals surface area contributed by atoms with Crippen molar-refractivity contribution in [3.8, 4) is 5.75 Å². The van der Waals surface area contributed by atoms with Crippen molar-refractivity contribution >= 4 is 15.7 Å². The van der Waals surface area contributed by atoms with E-state index in [2.05, 4.69) is 0 Å². The van der Waals surface area contributed by atoms with Crippen LogP contribution >= 0.6 is 0 Å². The Morgan fingerprint density at radius 3 is 2.55 bits per heavy atom. The van der Waals surface area contributed by atoms with Crippen molar-refractivity contribution in [2.75, 3.05) is 39.1 Å². The predicted octanol–water partition coefficient (Wildman–Crippen LogP) is 1.32. The van der Waals surface area contributed by atoms with Gasteiger partial charge in [-0.3, -0.25) is 0 Å². The summed E-state index contributed by atoms with van der Waals surface area (Å²) in [7, 11) is -2.12. The van der Waals surface area contributed by atoms with Gasteiger partial charge in [0, 0.05) is 25.9 Å². The van der Waals surface area contributed by atoms with Crippen LogP contribution in [-0.4, -0.2) is 46.1 Å². The zero-order valence-electron chi connectivity index (χ0n) is 12.1. The molecule has 0 aliphatic carbocycles. The molecule has 114 valence electrons. The maximum atomic E-state index is 12.7. The van der Waals surface area contributed by atoms with E-state index >= 15 is 0 Å². The van der Waals surface area contributed by atoms with Crippen LogP contribution < -0.4 is 10.5 Å². The molecule has 0 amide bonds. The molecule has 0 saturated heterocycles. The van der Waals surface area contributed by atoms with E-state index in [1.165, 1.54) is 17.5 Å². The van der Waals surface area contributed by atoms with E-state index in [9.17, 15) is 8.42 Å². The van der Waals surface area contributed by atoms with Gasteiger partial charge in [0.1, 0.15) is 10.6 Å². The maximum absolute atomic E-state index is 12.7. The van der Waals surface area contributed by atoms with Gasteiger partial charge in [0.25, 0.3) is 0 Å². The molecule has 0 aliphatic rings. The zero-order valence-corrected chi connectivity index (χ0v) is 12.9. The number of hydrogen-bond acceptors (Lipinski definition) is 5. The molecule has 7 heteroatoms. The van der Waals surface area contributed by atoms with Crippen LogP contribution in [0.2, 0.25) is 0 Å². The molecule has 0 spiro atoms. The van der Waals surface area contributed by atoms with Crippen molar-refractivity contribution in [3.63, 3.8) is 0 Å². The lowest BCUT2D eigenvalue weighted by Crippen LogP contribution is -2.34. The summed E-state index contributed by atoms with van der Waals surface area (Å²) in [6.07, 6.45) is 0. The van der Waals surface area contributed by atoms with Crippen LogP contribution in [-0.2, 0) is 14.8 Å². The molecule has 0 aromatic heterocycles. The molecule has 1 aromatic carbocycles. The highest BCUT2D eigenvalue weighted by molar-refractivity contribution is 7.89. The molecule has 0 bridgehead atoms. The van der Waals surface area contributed by atoms with E-state index < -0.39 is 10.0 Å². The third-order valence-electron chi connectivity index (χ3n) is 2.78. The fourth-order valence-corrected chi connectivity index (χ4v) is 3.38. The summed E-state index contributed by atoms with van der Waals surface area (Å²) in [5.74, 6) is 0.317. The first-order chi connectivity index (χ1) is 9.47. The SMILES string of the molecule is CCOc1ccc(N)cc1S(=O)(=O)N(CC)CCOC. The number of hydrogen-bond donors (Lipinski definition) is 1. The monoisotopic (exact) mass is 302 g/mol. The van der Waals surface area contributed by atoms with Gasteiger partial charge in [-0.1, -0.05) is 6.92 Å². The van der Waals surface area contributed by atoms with Crippen LogP contribution in [0.4, 0.5) is 5.69 Å². The maximum Gasteiger partial charge on any atom is 0.246 e. The van der Waals surface area contributed by atoms with Gasteiger partial charge >= 0.3 is 0 Å². The summed E-state index contributed by atoms with van der Waals surface area (Å²) in [5.41, 5.74) is 6.08. The van der Waals surface area contributed by atoms with Crippen LogP contribution in [0.1, 0.15) is 13.8 Å². The molecule has 2 N–H and O–H groups in total. The van der Waals surface area contributed by atoms with E-state index in [1.54, 1.807) is 26.0 Å². The first-order valence-corrected chi connectivity index (χ1v) is 7.92. The van der Waals surface area contributed by atoms with Gasteiger partial charge in [0.05, 0.1) is 13.2 Å². The van der Waals surface area contributed by atoms with Crippen LogP contribution in [0, 0.1) is 0 Å². The van der Waals surface area contributed by atoms with Crippen molar-refractivity contribution in [1.82, 2.24) is 4.31 Å². The number of methoxy groups -OCH3 is 1. The molecule has 1 aromatic rings. The average Bonchev–Trinajstić information content (AvgIpc) is 2.41. The summed E-state index contributed by atoms with van der Waals surface area (Å²) < 4.78 is 37.0. The van der Waals surface area contributed by atoms with E-state index in [1.807, 2.05) is 0 Å². The summed E-state index contributed by atoms with van der Waals surface area (Å²) in [6.45, 7) is 4.94. The molecule has 0 atom stereocenters. The van der Waals surface area contributed by atoms with Crippen LogP contribution in [0.15, 0.2) is 23.1 Å². The Kier molecular flexibility index (Phi) is 6.25. The van der Waals surface area contributed by atoms with Gasteiger partial charge in [-0.05, 0) is 25.1 Å². The molecule has 20 heavy (non-hydrogen) atoms. The fraction of sp³-hybridized carbons (Fsp3) is 0.538. The van der Waals surface area contributed by atoms with Crippen molar-refractivity contribution in [2.45, 2.75) is 18.7 Å². The Labute approximate surface area is 120 Å². The lowest BCUT2D eigenvalue weighted by molar-refractivity contribution is 0.180. The molecule has 1 rings (SSSR count). The zero-order chi connectivity index (χ0) is 15.2. The van der Waals surface area contributed by atoms with Gasteiger partial charge in [-0.15, -0.1) is 0 Å². The number of likely N-dealkylation sites (N-methyl/N-ethyl adjacent to an activating group) is 1. The van der Waals surface area contributed by atoms with Crippen LogP contribution in [0.25, 0.3) is 0 Å². The number of ether oxygens (including phenoxy) is 2. The van der Waals surface area contributed by atoms with Crippen LogP contribution in [0.3, 0.4) is 0 Å². The molecule has 6 nitrogen and oxygen atoms in total.